The Hall–Kier alpha value is -2.04. The largest absolute Gasteiger partial charge is 0.452 e. The van der Waals surface area contributed by atoms with Gasteiger partial charge in [-0.25, -0.2) is 0 Å². The lowest BCUT2D eigenvalue weighted by atomic mass is 10.1. The molecule has 0 unspecified atom stereocenters. The van der Waals surface area contributed by atoms with E-state index in [2.05, 4.69) is 5.32 Å². The minimum Gasteiger partial charge on any atom is -0.452 e. The molecule has 2 rings (SSSR count). The van der Waals surface area contributed by atoms with Crippen molar-refractivity contribution in [3.05, 3.63) is 63.6 Å². The zero-order chi connectivity index (χ0) is 17.7. The van der Waals surface area contributed by atoms with Gasteiger partial charge < -0.3 is 10.1 Å². The average Bonchev–Trinajstić information content (AvgIpc) is 2.53. The van der Waals surface area contributed by atoms with Gasteiger partial charge in [0.25, 0.3) is 5.91 Å². The summed E-state index contributed by atoms with van der Waals surface area (Å²) in [7, 11) is 0. The first kappa shape index (κ1) is 18.3. The number of carbonyl (C=O) groups excluding carboxylic acids is 2. The van der Waals surface area contributed by atoms with Crippen LogP contribution in [-0.2, 0) is 20.7 Å². The Morgan fingerprint density at radius 1 is 1.08 bits per heavy atom. The maximum absolute atomic E-state index is 12.1. The Labute approximate surface area is 150 Å². The number of nitrogens with one attached hydrogen (secondary N) is 1. The minimum atomic E-state index is -0.901. The minimum absolute atomic E-state index is 0.0129. The predicted molar refractivity (Wildman–Crippen MR) is 95.5 cm³/mol. The van der Waals surface area contributed by atoms with Gasteiger partial charge in [-0.05, 0) is 43.7 Å². The lowest BCUT2D eigenvalue weighted by Gasteiger charge is -2.14. The number of anilines is 1. The molecule has 0 heterocycles. The molecule has 4 nitrogen and oxygen atoms in total. The normalized spacial score (nSPS) is 11.7. The Balaban J connectivity index is 1.89. The van der Waals surface area contributed by atoms with Crippen molar-refractivity contribution in [1.29, 1.82) is 0 Å². The quantitative estimate of drug-likeness (QED) is 0.798. The monoisotopic (exact) mass is 365 g/mol. The van der Waals surface area contributed by atoms with E-state index in [1.807, 2.05) is 19.1 Å². The maximum Gasteiger partial charge on any atom is 0.311 e. The van der Waals surface area contributed by atoms with Crippen molar-refractivity contribution in [1.82, 2.24) is 0 Å². The number of amides is 1. The molecule has 0 saturated heterocycles. The number of benzene rings is 2. The highest BCUT2D eigenvalue weighted by Crippen LogP contribution is 2.23. The zero-order valence-corrected chi connectivity index (χ0v) is 14.8. The Bertz CT molecular complexity index is 744. The smallest absolute Gasteiger partial charge is 0.311 e. The number of esters is 1. The number of hydrogen-bond donors (Lipinski definition) is 1. The van der Waals surface area contributed by atoms with Crippen LogP contribution < -0.4 is 5.32 Å². The second kappa shape index (κ2) is 8.18. The third-order valence-corrected chi connectivity index (χ3v) is 4.07. The average molecular weight is 366 g/mol. The van der Waals surface area contributed by atoms with E-state index in [1.165, 1.54) is 6.92 Å². The number of carbonyl (C=O) groups is 2. The topological polar surface area (TPSA) is 55.4 Å². The van der Waals surface area contributed by atoms with Crippen LogP contribution in [0.1, 0.15) is 18.1 Å². The Kier molecular flexibility index (Phi) is 6.23. The van der Waals surface area contributed by atoms with Gasteiger partial charge in [-0.2, -0.15) is 0 Å². The van der Waals surface area contributed by atoms with Crippen molar-refractivity contribution in [2.75, 3.05) is 5.32 Å². The van der Waals surface area contributed by atoms with E-state index in [0.717, 1.165) is 5.56 Å². The van der Waals surface area contributed by atoms with Crippen LogP contribution in [0.5, 0.6) is 0 Å². The van der Waals surface area contributed by atoms with Crippen LogP contribution in [0.2, 0.25) is 10.0 Å². The molecule has 0 saturated carbocycles. The Morgan fingerprint density at radius 2 is 1.75 bits per heavy atom. The molecule has 126 valence electrons. The number of ether oxygens (including phenoxy) is 1. The van der Waals surface area contributed by atoms with Crippen LogP contribution >= 0.6 is 23.2 Å². The number of aryl methyl sites for hydroxylation is 1. The summed E-state index contributed by atoms with van der Waals surface area (Å²) in [5.41, 5.74) is 2.41. The first-order valence-corrected chi connectivity index (χ1v) is 8.11. The van der Waals surface area contributed by atoms with E-state index in [9.17, 15) is 9.59 Å². The van der Waals surface area contributed by atoms with Gasteiger partial charge in [-0.15, -0.1) is 0 Å². The molecule has 1 N–H and O–H groups in total. The third-order valence-electron chi connectivity index (χ3n) is 3.33. The highest BCUT2D eigenvalue weighted by Gasteiger charge is 2.18. The van der Waals surface area contributed by atoms with E-state index in [-0.39, 0.29) is 12.3 Å². The molecule has 0 aromatic heterocycles. The van der Waals surface area contributed by atoms with Crippen molar-refractivity contribution in [2.45, 2.75) is 26.4 Å². The summed E-state index contributed by atoms with van der Waals surface area (Å²) in [6.07, 6.45) is -0.888. The molecule has 0 aliphatic heterocycles. The molecule has 6 heteroatoms. The van der Waals surface area contributed by atoms with Crippen molar-refractivity contribution in [3.63, 3.8) is 0 Å². The van der Waals surface area contributed by atoms with Gasteiger partial charge in [0, 0.05) is 5.69 Å². The van der Waals surface area contributed by atoms with Gasteiger partial charge in [-0.3, -0.25) is 9.59 Å². The fourth-order valence-corrected chi connectivity index (χ4v) is 2.31. The maximum atomic E-state index is 12.1. The molecule has 24 heavy (non-hydrogen) atoms. The van der Waals surface area contributed by atoms with E-state index in [1.54, 1.807) is 30.3 Å². The molecular formula is C18H17Cl2NO3. The first-order valence-electron chi connectivity index (χ1n) is 7.36. The van der Waals surface area contributed by atoms with E-state index in [4.69, 9.17) is 27.9 Å². The first-order chi connectivity index (χ1) is 11.3. The second-order valence-electron chi connectivity index (χ2n) is 5.41. The van der Waals surface area contributed by atoms with Crippen LogP contribution in [-0.4, -0.2) is 18.0 Å². The van der Waals surface area contributed by atoms with E-state index < -0.39 is 12.1 Å². The van der Waals surface area contributed by atoms with Gasteiger partial charge in [-0.1, -0.05) is 47.0 Å². The van der Waals surface area contributed by atoms with Gasteiger partial charge in [0.1, 0.15) is 0 Å². The summed E-state index contributed by atoms with van der Waals surface area (Å²) in [6.45, 7) is 3.48. The number of halogens is 2. The van der Waals surface area contributed by atoms with Crippen molar-refractivity contribution in [2.24, 2.45) is 0 Å². The zero-order valence-electron chi connectivity index (χ0n) is 13.3. The van der Waals surface area contributed by atoms with Crippen LogP contribution in [0.4, 0.5) is 5.69 Å². The highest BCUT2D eigenvalue weighted by atomic mass is 35.5. The molecule has 0 fully saturated rings. The Morgan fingerprint density at radius 3 is 2.38 bits per heavy atom. The fraction of sp³-hybridized carbons (Fsp3) is 0.222. The number of hydrogen-bond acceptors (Lipinski definition) is 3. The van der Waals surface area contributed by atoms with Crippen LogP contribution in [0, 0.1) is 6.92 Å². The SMILES string of the molecule is Cc1ccc(NC(=O)[C@H](C)OC(=O)Cc2ccc(Cl)c(Cl)c2)cc1. The van der Waals surface area contributed by atoms with Gasteiger partial charge in [0.2, 0.25) is 0 Å². The predicted octanol–water partition coefficient (Wildman–Crippen LogP) is 4.41. The van der Waals surface area contributed by atoms with Crippen LogP contribution in [0.3, 0.4) is 0 Å². The summed E-state index contributed by atoms with van der Waals surface area (Å²) in [6, 6.07) is 12.2. The lowest BCUT2D eigenvalue weighted by molar-refractivity contribution is -0.152. The summed E-state index contributed by atoms with van der Waals surface area (Å²) >= 11 is 11.7. The molecular weight excluding hydrogens is 349 g/mol. The fourth-order valence-electron chi connectivity index (χ4n) is 1.99. The van der Waals surface area contributed by atoms with Crippen LogP contribution in [0.15, 0.2) is 42.5 Å². The third kappa shape index (κ3) is 5.25. The van der Waals surface area contributed by atoms with Gasteiger partial charge >= 0.3 is 5.97 Å². The molecule has 0 radical (unpaired) electrons. The molecule has 1 atom stereocenters. The van der Waals surface area contributed by atoms with Gasteiger partial charge in [0.05, 0.1) is 16.5 Å². The standard InChI is InChI=1S/C18H17Cl2NO3/c1-11-3-6-14(7-4-11)21-18(23)12(2)24-17(22)10-13-5-8-15(19)16(20)9-13/h3-9,12H,10H2,1-2H3,(H,21,23)/t12-/m0/s1. The molecule has 2 aromatic carbocycles. The summed E-state index contributed by atoms with van der Waals surface area (Å²) in [5, 5.41) is 3.48. The van der Waals surface area contributed by atoms with E-state index in [0.29, 0.717) is 21.3 Å². The van der Waals surface area contributed by atoms with Crippen LogP contribution in [0.25, 0.3) is 0 Å². The van der Waals surface area contributed by atoms with Crippen molar-refractivity contribution < 1.29 is 14.3 Å². The summed E-state index contributed by atoms with van der Waals surface area (Å²) in [5.74, 6) is -0.902. The van der Waals surface area contributed by atoms with Gasteiger partial charge in [0.15, 0.2) is 6.10 Å². The molecule has 1 amide bonds. The van der Waals surface area contributed by atoms with Crippen molar-refractivity contribution >= 4 is 40.8 Å². The highest BCUT2D eigenvalue weighted by molar-refractivity contribution is 6.42. The molecule has 0 aliphatic carbocycles. The lowest BCUT2D eigenvalue weighted by Crippen LogP contribution is -2.30. The number of rotatable bonds is 5. The molecule has 0 aliphatic rings. The molecule has 2 aromatic rings. The second-order valence-corrected chi connectivity index (χ2v) is 6.23. The molecule has 0 spiro atoms. The summed E-state index contributed by atoms with van der Waals surface area (Å²) < 4.78 is 5.16. The van der Waals surface area contributed by atoms with E-state index >= 15 is 0 Å². The van der Waals surface area contributed by atoms with Crippen molar-refractivity contribution in [3.8, 4) is 0 Å². The summed E-state index contributed by atoms with van der Waals surface area (Å²) in [4.78, 5) is 24.0. The molecule has 0 bridgehead atoms.